The molecule has 1 aromatic carbocycles. The van der Waals surface area contributed by atoms with Gasteiger partial charge in [-0.25, -0.2) is 13.4 Å². The van der Waals surface area contributed by atoms with Gasteiger partial charge in [-0.15, -0.1) is 0 Å². The Morgan fingerprint density at radius 3 is 2.38 bits per heavy atom. The Hall–Kier alpha value is -2.24. The van der Waals surface area contributed by atoms with E-state index < -0.39 is 31.5 Å². The van der Waals surface area contributed by atoms with Gasteiger partial charge in [-0.1, -0.05) is 11.6 Å². The lowest BCUT2D eigenvalue weighted by Gasteiger charge is -2.11. The van der Waals surface area contributed by atoms with E-state index in [1.807, 2.05) is 0 Å². The molecule has 3 rings (SSSR count). The molecule has 0 atom stereocenters. The minimum atomic E-state index is -4.78. The number of H-pyrrole nitrogens is 1. The molecule has 12 heteroatoms. The van der Waals surface area contributed by atoms with Gasteiger partial charge in [0.1, 0.15) is 12.1 Å². The maximum atomic E-state index is 13.0. The summed E-state index contributed by atoms with van der Waals surface area (Å²) in [5.74, 6) is 0.301. The number of halogens is 4. The topological polar surface area (TPSA) is 80.6 Å². The first kappa shape index (κ1) is 18.5. The van der Waals surface area contributed by atoms with Gasteiger partial charge in [0.25, 0.3) is 0 Å². The number of nitrogens with zero attached hydrogens (tertiary/aromatic N) is 3. The predicted octanol–water partition coefficient (Wildman–Crippen LogP) is 3.83. The molecule has 0 radical (unpaired) electrons. The third kappa shape index (κ3) is 3.37. The molecule has 0 aliphatic rings. The van der Waals surface area contributed by atoms with Crippen molar-refractivity contribution in [2.75, 3.05) is 0 Å². The van der Waals surface area contributed by atoms with Crippen molar-refractivity contribution in [3.8, 4) is 5.82 Å². The normalized spacial score (nSPS) is 12.3. The van der Waals surface area contributed by atoms with Crippen LogP contribution in [-0.2, 0) is 16.0 Å². The number of pyridine rings is 1. The van der Waals surface area contributed by atoms with Crippen LogP contribution in [0.15, 0.2) is 52.6 Å². The zero-order chi connectivity index (χ0) is 19.1. The Labute approximate surface area is 155 Å². The summed E-state index contributed by atoms with van der Waals surface area (Å²) in [6.07, 6.45) is -2.39. The van der Waals surface area contributed by atoms with Crippen LogP contribution in [0.5, 0.6) is 0 Å². The van der Waals surface area contributed by atoms with Crippen molar-refractivity contribution >= 4 is 33.7 Å². The van der Waals surface area contributed by atoms with Crippen LogP contribution >= 0.6 is 23.8 Å². The number of hydrogen-bond acceptors (Lipinski definition) is 5. The Morgan fingerprint density at radius 1 is 1.15 bits per heavy atom. The second-order valence-electron chi connectivity index (χ2n) is 5.03. The fourth-order valence-corrected chi connectivity index (χ4v) is 3.76. The van der Waals surface area contributed by atoms with E-state index in [4.69, 9.17) is 23.8 Å². The fraction of sp³-hybridized carbons (Fsp3) is 0.0714. The Balaban J connectivity index is 2.04. The first-order chi connectivity index (χ1) is 12.1. The van der Waals surface area contributed by atoms with Gasteiger partial charge >= 0.3 is 6.18 Å². The van der Waals surface area contributed by atoms with Gasteiger partial charge in [0, 0.05) is 6.20 Å². The van der Waals surface area contributed by atoms with Gasteiger partial charge in [0.15, 0.2) is 0 Å². The number of aromatic amines is 1. The SMILES string of the molecule is O=S(=O)(c1ccc(-n2cn[nH]c2=S)nc1)c1ccc(Cl)c(C(F)(F)F)c1. The Bertz CT molecular complexity index is 1120. The number of aromatic nitrogens is 4. The van der Waals surface area contributed by atoms with E-state index in [2.05, 4.69) is 15.2 Å². The molecule has 2 heterocycles. The van der Waals surface area contributed by atoms with E-state index in [0.29, 0.717) is 11.9 Å². The fourth-order valence-electron chi connectivity index (χ4n) is 2.11. The van der Waals surface area contributed by atoms with E-state index in [0.717, 1.165) is 18.3 Å². The highest BCUT2D eigenvalue weighted by Gasteiger charge is 2.34. The molecule has 0 aliphatic heterocycles. The van der Waals surface area contributed by atoms with Gasteiger partial charge in [-0.2, -0.15) is 18.3 Å². The summed E-state index contributed by atoms with van der Waals surface area (Å²) in [6, 6.07) is 4.97. The van der Waals surface area contributed by atoms with Crippen molar-refractivity contribution in [1.82, 2.24) is 19.7 Å². The van der Waals surface area contributed by atoms with Crippen LogP contribution in [-0.4, -0.2) is 28.2 Å². The van der Waals surface area contributed by atoms with Crippen molar-refractivity contribution in [1.29, 1.82) is 0 Å². The average molecular weight is 421 g/mol. The van der Waals surface area contributed by atoms with Gasteiger partial charge in [-0.3, -0.25) is 9.67 Å². The largest absolute Gasteiger partial charge is 0.417 e. The zero-order valence-electron chi connectivity index (χ0n) is 12.5. The molecule has 0 bridgehead atoms. The minimum absolute atomic E-state index is 0.251. The van der Waals surface area contributed by atoms with Crippen LogP contribution in [0.25, 0.3) is 5.82 Å². The van der Waals surface area contributed by atoms with Crippen LogP contribution in [0.4, 0.5) is 13.2 Å². The van der Waals surface area contributed by atoms with E-state index in [-0.39, 0.29) is 9.67 Å². The average Bonchev–Trinajstić information content (AvgIpc) is 3.00. The van der Waals surface area contributed by atoms with Crippen LogP contribution in [0.2, 0.25) is 5.02 Å². The summed E-state index contributed by atoms with van der Waals surface area (Å²) in [7, 11) is -4.21. The maximum Gasteiger partial charge on any atom is 0.417 e. The van der Waals surface area contributed by atoms with E-state index >= 15 is 0 Å². The summed E-state index contributed by atoms with van der Waals surface area (Å²) in [6.45, 7) is 0. The molecule has 0 saturated carbocycles. The van der Waals surface area contributed by atoms with Crippen LogP contribution in [0.3, 0.4) is 0 Å². The summed E-state index contributed by atoms with van der Waals surface area (Å²) >= 11 is 10.5. The smallest absolute Gasteiger partial charge is 0.258 e. The number of rotatable bonds is 3. The second-order valence-corrected chi connectivity index (χ2v) is 7.77. The predicted molar refractivity (Wildman–Crippen MR) is 88.4 cm³/mol. The molecule has 0 aliphatic carbocycles. The minimum Gasteiger partial charge on any atom is -0.258 e. The Kier molecular flexibility index (Phi) is 4.63. The molecule has 3 aromatic rings. The molecule has 0 unspecified atom stereocenters. The molecular weight excluding hydrogens is 413 g/mol. The second kappa shape index (κ2) is 6.49. The van der Waals surface area contributed by atoms with Crippen LogP contribution in [0.1, 0.15) is 5.56 Å². The van der Waals surface area contributed by atoms with Crippen LogP contribution in [0, 0.1) is 4.77 Å². The molecule has 0 saturated heterocycles. The summed E-state index contributed by atoms with van der Waals surface area (Å²) < 4.78 is 65.7. The molecule has 0 amide bonds. The lowest BCUT2D eigenvalue weighted by Crippen LogP contribution is -2.09. The quantitative estimate of drug-likeness (QED) is 0.651. The van der Waals surface area contributed by atoms with Crippen molar-refractivity contribution in [2.45, 2.75) is 16.0 Å². The Morgan fingerprint density at radius 2 is 1.85 bits per heavy atom. The summed E-state index contributed by atoms with van der Waals surface area (Å²) in [5.41, 5.74) is -1.23. The van der Waals surface area contributed by atoms with Gasteiger partial charge in [0.2, 0.25) is 14.6 Å². The molecule has 6 nitrogen and oxygen atoms in total. The van der Waals surface area contributed by atoms with Gasteiger partial charge in [0.05, 0.1) is 20.4 Å². The van der Waals surface area contributed by atoms with E-state index in [9.17, 15) is 21.6 Å². The monoisotopic (exact) mass is 420 g/mol. The molecular formula is C14H8ClF3N4O2S2. The number of nitrogens with one attached hydrogen (secondary N) is 1. The van der Waals surface area contributed by atoms with E-state index in [1.165, 1.54) is 23.0 Å². The third-order valence-corrected chi connectivity index (χ3v) is 5.74. The lowest BCUT2D eigenvalue weighted by molar-refractivity contribution is -0.137. The zero-order valence-corrected chi connectivity index (χ0v) is 14.9. The summed E-state index contributed by atoms with van der Waals surface area (Å²) in [5, 5.41) is 5.64. The highest BCUT2D eigenvalue weighted by molar-refractivity contribution is 7.91. The van der Waals surface area contributed by atoms with Crippen LogP contribution < -0.4 is 0 Å². The van der Waals surface area contributed by atoms with Crippen molar-refractivity contribution in [2.24, 2.45) is 0 Å². The number of alkyl halides is 3. The molecule has 1 N–H and O–H groups in total. The van der Waals surface area contributed by atoms with Crippen molar-refractivity contribution < 1.29 is 21.6 Å². The highest BCUT2D eigenvalue weighted by atomic mass is 35.5. The highest BCUT2D eigenvalue weighted by Crippen LogP contribution is 2.36. The maximum absolute atomic E-state index is 13.0. The molecule has 0 spiro atoms. The van der Waals surface area contributed by atoms with Crippen molar-refractivity contribution in [3.05, 3.63) is 58.2 Å². The van der Waals surface area contributed by atoms with Gasteiger partial charge in [-0.05, 0) is 42.5 Å². The third-order valence-electron chi connectivity index (χ3n) is 3.38. The van der Waals surface area contributed by atoms with Gasteiger partial charge < -0.3 is 0 Å². The molecule has 0 fully saturated rings. The molecule has 2 aromatic heterocycles. The molecule has 136 valence electrons. The number of hydrogen-bond donors (Lipinski definition) is 1. The van der Waals surface area contributed by atoms with E-state index in [1.54, 1.807) is 0 Å². The standard InChI is InChI=1S/C14H8ClF3N4O2S2/c15-11-3-1-8(5-10(11)14(16,17)18)26(23,24)9-2-4-12(19-6-9)22-7-20-21-13(22)25/h1-7H,(H,21,25). The first-order valence-electron chi connectivity index (χ1n) is 6.81. The lowest BCUT2D eigenvalue weighted by atomic mass is 10.2. The van der Waals surface area contributed by atoms with Crippen molar-refractivity contribution in [3.63, 3.8) is 0 Å². The first-order valence-corrected chi connectivity index (χ1v) is 9.08. The molecule has 26 heavy (non-hydrogen) atoms. The number of benzene rings is 1. The number of sulfone groups is 1. The summed E-state index contributed by atoms with van der Waals surface area (Å²) in [4.78, 5) is 3.16.